The van der Waals surface area contributed by atoms with E-state index in [0.717, 1.165) is 18.9 Å². The van der Waals surface area contributed by atoms with Crippen molar-refractivity contribution in [2.45, 2.75) is 45.6 Å². The first-order valence-corrected chi connectivity index (χ1v) is 8.25. The zero-order valence-corrected chi connectivity index (χ0v) is 13.4. The van der Waals surface area contributed by atoms with Crippen molar-refractivity contribution in [2.75, 3.05) is 26.7 Å². The lowest BCUT2D eigenvalue weighted by molar-refractivity contribution is 0.286. The lowest BCUT2D eigenvalue weighted by Crippen LogP contribution is -2.32. The molecule has 20 heavy (non-hydrogen) atoms. The fourth-order valence-electron chi connectivity index (χ4n) is 3.33. The normalized spacial score (nSPS) is 21.2. The van der Waals surface area contributed by atoms with Crippen molar-refractivity contribution in [1.29, 1.82) is 0 Å². The van der Waals surface area contributed by atoms with Gasteiger partial charge >= 0.3 is 0 Å². The average Bonchev–Trinajstić information content (AvgIpc) is 2.93. The van der Waals surface area contributed by atoms with E-state index in [0.29, 0.717) is 6.04 Å². The van der Waals surface area contributed by atoms with Crippen LogP contribution in [-0.2, 0) is 6.42 Å². The van der Waals surface area contributed by atoms with Crippen LogP contribution < -0.4 is 5.32 Å². The molecule has 2 atom stereocenters. The minimum atomic E-state index is 0.460. The summed E-state index contributed by atoms with van der Waals surface area (Å²) in [6.45, 7) is 8.22. The zero-order valence-electron chi connectivity index (χ0n) is 13.4. The Balaban J connectivity index is 1.91. The van der Waals surface area contributed by atoms with Crippen molar-refractivity contribution in [1.82, 2.24) is 10.2 Å². The van der Waals surface area contributed by atoms with Crippen molar-refractivity contribution in [3.8, 4) is 0 Å². The Labute approximate surface area is 124 Å². The van der Waals surface area contributed by atoms with Gasteiger partial charge in [0.1, 0.15) is 0 Å². The molecule has 2 nitrogen and oxygen atoms in total. The Morgan fingerprint density at radius 1 is 1.25 bits per heavy atom. The third-order valence-electron chi connectivity index (χ3n) is 4.65. The van der Waals surface area contributed by atoms with Crippen molar-refractivity contribution < 1.29 is 0 Å². The number of likely N-dealkylation sites (N-methyl/N-ethyl adjacent to an activating group) is 1. The first-order valence-electron chi connectivity index (χ1n) is 8.25. The minimum absolute atomic E-state index is 0.460. The maximum atomic E-state index is 3.49. The van der Waals surface area contributed by atoms with E-state index in [1.165, 1.54) is 43.5 Å². The van der Waals surface area contributed by atoms with Gasteiger partial charge in [-0.3, -0.25) is 0 Å². The second-order valence-corrected chi connectivity index (χ2v) is 6.14. The molecule has 2 heteroatoms. The summed E-state index contributed by atoms with van der Waals surface area (Å²) in [6.07, 6.45) is 5.23. The van der Waals surface area contributed by atoms with Crippen LogP contribution in [0.1, 0.15) is 50.3 Å². The molecule has 0 aromatic heterocycles. The van der Waals surface area contributed by atoms with Gasteiger partial charge in [-0.15, -0.1) is 0 Å². The maximum absolute atomic E-state index is 3.49. The van der Waals surface area contributed by atoms with Crippen molar-refractivity contribution >= 4 is 0 Å². The molecule has 1 aliphatic heterocycles. The number of aryl methyl sites for hydroxylation is 1. The Bertz CT molecular complexity index is 385. The third kappa shape index (κ3) is 4.07. The summed E-state index contributed by atoms with van der Waals surface area (Å²) in [7, 11) is 2.08. The second-order valence-electron chi connectivity index (χ2n) is 6.14. The minimum Gasteiger partial charge on any atom is -0.312 e. The Morgan fingerprint density at radius 2 is 2.00 bits per heavy atom. The number of likely N-dealkylation sites (tertiary alicyclic amines) is 1. The first-order chi connectivity index (χ1) is 9.76. The van der Waals surface area contributed by atoms with Gasteiger partial charge in [0, 0.05) is 19.1 Å². The van der Waals surface area contributed by atoms with Crippen LogP contribution >= 0.6 is 0 Å². The van der Waals surface area contributed by atoms with E-state index in [2.05, 4.69) is 55.4 Å². The van der Waals surface area contributed by atoms with Crippen molar-refractivity contribution in [3.05, 3.63) is 35.4 Å². The summed E-state index contributed by atoms with van der Waals surface area (Å²) < 4.78 is 0. The topological polar surface area (TPSA) is 15.3 Å². The molecule has 0 saturated carbocycles. The predicted octanol–water partition coefficient (Wildman–Crippen LogP) is 3.63. The summed E-state index contributed by atoms with van der Waals surface area (Å²) >= 11 is 0. The van der Waals surface area contributed by atoms with Gasteiger partial charge in [-0.05, 0) is 49.9 Å². The quantitative estimate of drug-likeness (QED) is 0.817. The molecule has 1 heterocycles. The molecule has 1 saturated heterocycles. The van der Waals surface area contributed by atoms with E-state index in [4.69, 9.17) is 0 Å². The number of nitrogens with one attached hydrogen (secondary N) is 1. The van der Waals surface area contributed by atoms with Crippen LogP contribution in [0.15, 0.2) is 24.3 Å². The fraction of sp³-hybridized carbons (Fsp3) is 0.667. The number of hydrogen-bond acceptors (Lipinski definition) is 2. The van der Waals surface area contributed by atoms with Crippen LogP contribution in [0.25, 0.3) is 0 Å². The van der Waals surface area contributed by atoms with E-state index >= 15 is 0 Å². The van der Waals surface area contributed by atoms with E-state index < -0.39 is 0 Å². The highest BCUT2D eigenvalue weighted by Crippen LogP contribution is 2.23. The molecule has 0 bridgehead atoms. The van der Waals surface area contributed by atoms with Gasteiger partial charge in [0.2, 0.25) is 0 Å². The van der Waals surface area contributed by atoms with E-state index in [1.807, 2.05) is 0 Å². The molecule has 0 amide bonds. The molecule has 1 fully saturated rings. The molecule has 0 spiro atoms. The Morgan fingerprint density at radius 3 is 2.60 bits per heavy atom. The number of nitrogens with zero attached hydrogens (tertiary/aromatic N) is 1. The second kappa shape index (κ2) is 7.80. The number of hydrogen-bond donors (Lipinski definition) is 1. The number of rotatable bonds is 7. The Hall–Kier alpha value is -0.860. The molecule has 1 N–H and O–H groups in total. The van der Waals surface area contributed by atoms with Gasteiger partial charge in [-0.1, -0.05) is 44.5 Å². The van der Waals surface area contributed by atoms with Crippen LogP contribution in [0, 0.1) is 5.92 Å². The highest BCUT2D eigenvalue weighted by atomic mass is 15.2. The zero-order chi connectivity index (χ0) is 14.4. The van der Waals surface area contributed by atoms with E-state index in [-0.39, 0.29) is 0 Å². The molecule has 112 valence electrons. The van der Waals surface area contributed by atoms with Crippen molar-refractivity contribution in [2.24, 2.45) is 5.92 Å². The SMILES string of the molecule is CCCC1CCN(CC(NC)c2ccc(CC)cc2)C1. The number of benzene rings is 1. The summed E-state index contributed by atoms with van der Waals surface area (Å²) in [5, 5.41) is 3.49. The molecule has 2 rings (SSSR count). The predicted molar refractivity (Wildman–Crippen MR) is 87.1 cm³/mol. The molecule has 2 unspecified atom stereocenters. The molecule has 1 aromatic rings. The fourth-order valence-corrected chi connectivity index (χ4v) is 3.33. The summed E-state index contributed by atoms with van der Waals surface area (Å²) in [6, 6.07) is 9.58. The highest BCUT2D eigenvalue weighted by Gasteiger charge is 2.24. The molecular formula is C18H30N2. The third-order valence-corrected chi connectivity index (χ3v) is 4.65. The highest BCUT2D eigenvalue weighted by molar-refractivity contribution is 5.25. The lowest BCUT2D eigenvalue weighted by Gasteiger charge is -2.24. The van der Waals surface area contributed by atoms with Gasteiger partial charge < -0.3 is 10.2 Å². The summed E-state index contributed by atoms with van der Waals surface area (Å²) in [4.78, 5) is 2.63. The van der Waals surface area contributed by atoms with E-state index in [1.54, 1.807) is 0 Å². The van der Waals surface area contributed by atoms with Gasteiger partial charge in [0.15, 0.2) is 0 Å². The monoisotopic (exact) mass is 274 g/mol. The van der Waals surface area contributed by atoms with Crippen LogP contribution in [0.4, 0.5) is 0 Å². The average molecular weight is 274 g/mol. The summed E-state index contributed by atoms with van der Waals surface area (Å²) in [5.41, 5.74) is 2.84. The molecule has 1 aromatic carbocycles. The lowest BCUT2D eigenvalue weighted by atomic mass is 10.0. The largest absolute Gasteiger partial charge is 0.312 e. The van der Waals surface area contributed by atoms with Gasteiger partial charge in [0.05, 0.1) is 0 Å². The first kappa shape index (κ1) is 15.5. The molecular weight excluding hydrogens is 244 g/mol. The van der Waals surface area contributed by atoms with E-state index in [9.17, 15) is 0 Å². The smallest absolute Gasteiger partial charge is 0.0446 e. The summed E-state index contributed by atoms with van der Waals surface area (Å²) in [5.74, 6) is 0.931. The Kier molecular flexibility index (Phi) is 6.06. The van der Waals surface area contributed by atoms with Gasteiger partial charge in [-0.2, -0.15) is 0 Å². The maximum Gasteiger partial charge on any atom is 0.0446 e. The van der Waals surface area contributed by atoms with Crippen molar-refractivity contribution in [3.63, 3.8) is 0 Å². The van der Waals surface area contributed by atoms with Gasteiger partial charge in [0.25, 0.3) is 0 Å². The molecule has 0 radical (unpaired) electrons. The van der Waals surface area contributed by atoms with Crippen LogP contribution in [-0.4, -0.2) is 31.6 Å². The van der Waals surface area contributed by atoms with Crippen LogP contribution in [0.3, 0.4) is 0 Å². The van der Waals surface area contributed by atoms with Crippen LogP contribution in [0.5, 0.6) is 0 Å². The van der Waals surface area contributed by atoms with Crippen LogP contribution in [0.2, 0.25) is 0 Å². The molecule has 1 aliphatic rings. The standard InChI is InChI=1S/C18H30N2/c1-4-6-16-11-12-20(13-16)14-18(19-3)17-9-7-15(5-2)8-10-17/h7-10,16,18-19H,4-6,11-14H2,1-3H3. The van der Waals surface area contributed by atoms with Gasteiger partial charge in [-0.25, -0.2) is 0 Å². The molecule has 0 aliphatic carbocycles.